The lowest BCUT2D eigenvalue weighted by Crippen LogP contribution is -2.28. The number of nitrogens with zero attached hydrogens (tertiary/aromatic N) is 2. The Labute approximate surface area is 100 Å². The molecule has 17 heavy (non-hydrogen) atoms. The zero-order valence-electron chi connectivity index (χ0n) is 10.1. The lowest BCUT2D eigenvalue weighted by molar-refractivity contribution is -0.384. The molecule has 1 aliphatic rings. The van der Waals surface area contributed by atoms with Crippen LogP contribution in [0.2, 0.25) is 0 Å². The number of non-ortho nitro benzene ring substituents is 1. The number of hydrogen-bond donors (Lipinski definition) is 1. The van der Waals surface area contributed by atoms with Gasteiger partial charge in [-0.05, 0) is 18.4 Å². The minimum atomic E-state index is -0.359. The minimum absolute atomic E-state index is 0.138. The maximum Gasteiger partial charge on any atom is 0.271 e. The number of rotatable bonds is 2. The summed E-state index contributed by atoms with van der Waals surface area (Å²) in [6.45, 7) is 5.71. The quantitative estimate of drug-likeness (QED) is 0.625. The summed E-state index contributed by atoms with van der Waals surface area (Å²) in [7, 11) is 0. The number of hydrogen-bond acceptors (Lipinski definition) is 4. The zero-order valence-corrected chi connectivity index (χ0v) is 10.1. The molecule has 1 saturated heterocycles. The first-order chi connectivity index (χ1) is 7.99. The first-order valence-corrected chi connectivity index (χ1v) is 5.74. The molecule has 92 valence electrons. The molecule has 1 aliphatic heterocycles. The highest BCUT2D eigenvalue weighted by molar-refractivity contribution is 5.59. The molecule has 0 aromatic heterocycles. The van der Waals surface area contributed by atoms with Gasteiger partial charge in [-0.25, -0.2) is 0 Å². The summed E-state index contributed by atoms with van der Waals surface area (Å²) in [5.41, 5.74) is 8.10. The lowest BCUT2D eigenvalue weighted by atomic mass is 10.1. The molecule has 5 nitrogen and oxygen atoms in total. The van der Waals surface area contributed by atoms with E-state index in [1.165, 1.54) is 6.07 Å². The highest BCUT2D eigenvalue weighted by Gasteiger charge is 2.28. The third kappa shape index (κ3) is 2.24. The lowest BCUT2D eigenvalue weighted by Gasteiger charge is -2.20. The molecule has 2 rings (SSSR count). The van der Waals surface area contributed by atoms with E-state index in [1.54, 1.807) is 12.1 Å². The molecular formula is C12H17N3O2. The van der Waals surface area contributed by atoms with Crippen molar-refractivity contribution in [1.82, 2.24) is 0 Å². The molecule has 0 saturated carbocycles. The number of nitro benzene ring substituents is 1. The molecule has 1 aromatic rings. The van der Waals surface area contributed by atoms with E-state index >= 15 is 0 Å². The smallest absolute Gasteiger partial charge is 0.271 e. The van der Waals surface area contributed by atoms with E-state index in [0.717, 1.165) is 24.3 Å². The van der Waals surface area contributed by atoms with E-state index in [-0.39, 0.29) is 16.7 Å². The van der Waals surface area contributed by atoms with Crippen LogP contribution in [-0.4, -0.2) is 24.1 Å². The summed E-state index contributed by atoms with van der Waals surface area (Å²) in [5, 5.41) is 10.8. The van der Waals surface area contributed by atoms with Crippen molar-refractivity contribution in [2.45, 2.75) is 19.9 Å². The molecule has 0 bridgehead atoms. The molecule has 1 heterocycles. The largest absolute Gasteiger partial charge is 0.369 e. The van der Waals surface area contributed by atoms with Crippen LogP contribution < -0.4 is 10.6 Å². The van der Waals surface area contributed by atoms with Crippen LogP contribution in [0.5, 0.6) is 0 Å². The molecule has 0 spiro atoms. The summed E-state index contributed by atoms with van der Waals surface area (Å²) >= 11 is 0. The number of anilines is 1. The molecule has 0 amide bonds. The monoisotopic (exact) mass is 235 g/mol. The summed E-state index contributed by atoms with van der Waals surface area (Å²) < 4.78 is 0. The molecule has 0 radical (unpaired) electrons. The van der Waals surface area contributed by atoms with Crippen LogP contribution in [0.3, 0.4) is 0 Å². The highest BCUT2D eigenvalue weighted by atomic mass is 16.6. The predicted octanol–water partition coefficient (Wildman–Crippen LogP) is 1.69. The summed E-state index contributed by atoms with van der Waals surface area (Å²) in [4.78, 5) is 12.5. The molecule has 1 fully saturated rings. The number of benzene rings is 1. The van der Waals surface area contributed by atoms with Gasteiger partial charge in [0.1, 0.15) is 0 Å². The fraction of sp³-hybridized carbons (Fsp3) is 0.500. The van der Waals surface area contributed by atoms with Crippen LogP contribution in [0, 0.1) is 23.0 Å². The average molecular weight is 235 g/mol. The summed E-state index contributed by atoms with van der Waals surface area (Å²) in [6.07, 6.45) is 0. The SMILES string of the molecule is Cc1ccc([N+](=O)[O-])cc1N1CC(C)C(N)C1. The van der Waals surface area contributed by atoms with Gasteiger partial charge < -0.3 is 10.6 Å². The van der Waals surface area contributed by atoms with Crippen molar-refractivity contribution >= 4 is 11.4 Å². The maximum absolute atomic E-state index is 10.8. The Hall–Kier alpha value is -1.62. The fourth-order valence-electron chi connectivity index (χ4n) is 2.24. The van der Waals surface area contributed by atoms with Gasteiger partial charge in [0.15, 0.2) is 0 Å². The van der Waals surface area contributed by atoms with E-state index < -0.39 is 0 Å². The van der Waals surface area contributed by atoms with Gasteiger partial charge in [0, 0.05) is 37.0 Å². The number of nitro groups is 1. The predicted molar refractivity (Wildman–Crippen MR) is 67.2 cm³/mol. The second-order valence-corrected chi connectivity index (χ2v) is 4.77. The van der Waals surface area contributed by atoms with Crippen molar-refractivity contribution in [3.8, 4) is 0 Å². The minimum Gasteiger partial charge on any atom is -0.369 e. The molecule has 2 N–H and O–H groups in total. The van der Waals surface area contributed by atoms with E-state index in [9.17, 15) is 10.1 Å². The van der Waals surface area contributed by atoms with Crippen LogP contribution >= 0.6 is 0 Å². The van der Waals surface area contributed by atoms with Crippen molar-refractivity contribution in [3.63, 3.8) is 0 Å². The molecule has 2 unspecified atom stereocenters. The Balaban J connectivity index is 2.32. The van der Waals surface area contributed by atoms with Gasteiger partial charge in [0.25, 0.3) is 5.69 Å². The normalized spacial score (nSPS) is 24.1. The van der Waals surface area contributed by atoms with Gasteiger partial charge in [-0.3, -0.25) is 10.1 Å². The second-order valence-electron chi connectivity index (χ2n) is 4.77. The molecule has 1 aromatic carbocycles. The Morgan fingerprint density at radius 2 is 2.18 bits per heavy atom. The van der Waals surface area contributed by atoms with Crippen molar-refractivity contribution in [2.75, 3.05) is 18.0 Å². The highest BCUT2D eigenvalue weighted by Crippen LogP contribution is 2.29. The van der Waals surface area contributed by atoms with Crippen LogP contribution in [0.15, 0.2) is 18.2 Å². The summed E-state index contributed by atoms with van der Waals surface area (Å²) in [6, 6.07) is 5.12. The Morgan fingerprint density at radius 1 is 1.47 bits per heavy atom. The Bertz CT molecular complexity index is 437. The van der Waals surface area contributed by atoms with E-state index in [4.69, 9.17) is 5.73 Å². The van der Waals surface area contributed by atoms with Crippen molar-refractivity contribution in [1.29, 1.82) is 0 Å². The number of aryl methyl sites for hydroxylation is 1. The van der Waals surface area contributed by atoms with E-state index in [2.05, 4.69) is 11.8 Å². The maximum atomic E-state index is 10.8. The van der Waals surface area contributed by atoms with Crippen molar-refractivity contribution in [2.24, 2.45) is 11.7 Å². The fourth-order valence-corrected chi connectivity index (χ4v) is 2.24. The molecule has 5 heteroatoms. The zero-order chi connectivity index (χ0) is 12.6. The first kappa shape index (κ1) is 11.9. The van der Waals surface area contributed by atoms with Gasteiger partial charge in [-0.1, -0.05) is 13.0 Å². The molecular weight excluding hydrogens is 218 g/mol. The van der Waals surface area contributed by atoms with Gasteiger partial charge in [-0.2, -0.15) is 0 Å². The van der Waals surface area contributed by atoms with Gasteiger partial charge in [0.2, 0.25) is 0 Å². The topological polar surface area (TPSA) is 72.4 Å². The number of nitrogens with two attached hydrogens (primary N) is 1. The van der Waals surface area contributed by atoms with Gasteiger partial charge >= 0.3 is 0 Å². The van der Waals surface area contributed by atoms with Crippen LogP contribution in [0.1, 0.15) is 12.5 Å². The molecule has 2 atom stereocenters. The van der Waals surface area contributed by atoms with Crippen LogP contribution in [-0.2, 0) is 0 Å². The Morgan fingerprint density at radius 3 is 2.71 bits per heavy atom. The van der Waals surface area contributed by atoms with E-state index in [0.29, 0.717) is 5.92 Å². The van der Waals surface area contributed by atoms with Crippen molar-refractivity contribution < 1.29 is 4.92 Å². The van der Waals surface area contributed by atoms with E-state index in [1.807, 2.05) is 6.92 Å². The third-order valence-electron chi connectivity index (χ3n) is 3.41. The van der Waals surface area contributed by atoms with Crippen LogP contribution in [0.4, 0.5) is 11.4 Å². The van der Waals surface area contributed by atoms with Crippen molar-refractivity contribution in [3.05, 3.63) is 33.9 Å². The molecule has 0 aliphatic carbocycles. The first-order valence-electron chi connectivity index (χ1n) is 5.74. The Kier molecular flexibility index (Phi) is 3.02. The third-order valence-corrected chi connectivity index (χ3v) is 3.41. The van der Waals surface area contributed by atoms with Crippen LogP contribution in [0.25, 0.3) is 0 Å². The van der Waals surface area contributed by atoms with Gasteiger partial charge in [-0.15, -0.1) is 0 Å². The van der Waals surface area contributed by atoms with Gasteiger partial charge in [0.05, 0.1) is 4.92 Å². The standard InChI is InChI=1S/C12H17N3O2/c1-8-3-4-10(15(16)17)5-12(8)14-6-9(2)11(13)7-14/h3-5,9,11H,6-7,13H2,1-2H3. The average Bonchev–Trinajstić information content (AvgIpc) is 2.59. The summed E-state index contributed by atoms with van der Waals surface area (Å²) in [5.74, 6) is 0.425. The second kappa shape index (κ2) is 4.33.